The van der Waals surface area contributed by atoms with Crippen molar-refractivity contribution >= 4 is 11.9 Å². The average Bonchev–Trinajstić information content (AvgIpc) is 2.99. The SMILES string of the molecule is CC/C=C\C/C=C\C/C=C\CCCCCCCC(=O)OCC(CO)OC(=O)CCCCCCCCCCCCCCC. The van der Waals surface area contributed by atoms with Crippen LogP contribution in [-0.4, -0.2) is 36.4 Å². The van der Waals surface area contributed by atoms with Gasteiger partial charge in [0.2, 0.25) is 0 Å². The summed E-state index contributed by atoms with van der Waals surface area (Å²) in [7, 11) is 0. The lowest BCUT2D eigenvalue weighted by Gasteiger charge is -2.15. The van der Waals surface area contributed by atoms with Crippen LogP contribution in [0.3, 0.4) is 0 Å². The number of rotatable bonds is 31. The van der Waals surface area contributed by atoms with Gasteiger partial charge in [-0.25, -0.2) is 0 Å². The summed E-state index contributed by atoms with van der Waals surface area (Å²) in [6.45, 7) is 4.00. The Kier molecular flexibility index (Phi) is 32.1. The Labute approximate surface area is 259 Å². The molecule has 0 spiro atoms. The summed E-state index contributed by atoms with van der Waals surface area (Å²) >= 11 is 0. The summed E-state index contributed by atoms with van der Waals surface area (Å²) in [4.78, 5) is 24.1. The quantitative estimate of drug-likeness (QED) is 0.0494. The predicted molar refractivity (Wildman–Crippen MR) is 178 cm³/mol. The lowest BCUT2D eigenvalue weighted by Crippen LogP contribution is -2.28. The zero-order chi connectivity index (χ0) is 30.8. The van der Waals surface area contributed by atoms with E-state index in [1.165, 1.54) is 77.0 Å². The Morgan fingerprint density at radius 3 is 1.55 bits per heavy atom. The number of carbonyl (C=O) groups is 2. The van der Waals surface area contributed by atoms with Gasteiger partial charge in [-0.2, -0.15) is 0 Å². The first-order chi connectivity index (χ1) is 20.6. The minimum Gasteiger partial charge on any atom is -0.462 e. The van der Waals surface area contributed by atoms with Gasteiger partial charge in [-0.15, -0.1) is 0 Å². The zero-order valence-corrected chi connectivity index (χ0v) is 27.5. The molecule has 0 heterocycles. The highest BCUT2D eigenvalue weighted by Gasteiger charge is 2.16. The highest BCUT2D eigenvalue weighted by Crippen LogP contribution is 2.14. The average molecular weight is 591 g/mol. The van der Waals surface area contributed by atoms with Gasteiger partial charge < -0.3 is 14.6 Å². The number of ether oxygens (including phenoxy) is 2. The molecule has 0 aromatic rings. The van der Waals surface area contributed by atoms with E-state index in [0.717, 1.165) is 64.2 Å². The van der Waals surface area contributed by atoms with Crippen molar-refractivity contribution in [1.29, 1.82) is 0 Å². The van der Waals surface area contributed by atoms with Crippen molar-refractivity contribution in [3.63, 3.8) is 0 Å². The molecule has 244 valence electrons. The molecule has 0 amide bonds. The Morgan fingerprint density at radius 1 is 0.571 bits per heavy atom. The first kappa shape index (κ1) is 40.1. The molecule has 0 saturated carbocycles. The number of carbonyl (C=O) groups excluding carboxylic acids is 2. The van der Waals surface area contributed by atoms with Crippen molar-refractivity contribution in [3.05, 3.63) is 36.5 Å². The van der Waals surface area contributed by atoms with Crippen molar-refractivity contribution in [2.45, 2.75) is 174 Å². The van der Waals surface area contributed by atoms with Gasteiger partial charge >= 0.3 is 11.9 Å². The van der Waals surface area contributed by atoms with E-state index in [2.05, 4.69) is 50.3 Å². The molecule has 0 aliphatic carbocycles. The van der Waals surface area contributed by atoms with E-state index in [4.69, 9.17) is 9.47 Å². The molecule has 1 atom stereocenters. The smallest absolute Gasteiger partial charge is 0.306 e. The minimum absolute atomic E-state index is 0.0728. The van der Waals surface area contributed by atoms with Crippen LogP contribution in [0.4, 0.5) is 0 Å². The van der Waals surface area contributed by atoms with Crippen LogP contribution in [0.5, 0.6) is 0 Å². The number of aliphatic hydroxyl groups excluding tert-OH is 1. The fourth-order valence-electron chi connectivity index (χ4n) is 4.80. The van der Waals surface area contributed by atoms with Crippen molar-refractivity contribution < 1.29 is 24.2 Å². The summed E-state index contributed by atoms with van der Waals surface area (Å²) < 4.78 is 10.6. The van der Waals surface area contributed by atoms with Crippen LogP contribution in [0.15, 0.2) is 36.5 Å². The summed E-state index contributed by atoms with van der Waals surface area (Å²) in [5.41, 5.74) is 0. The number of esters is 2. The Bertz CT molecular complexity index is 682. The van der Waals surface area contributed by atoms with Crippen molar-refractivity contribution in [2.24, 2.45) is 0 Å². The fraction of sp³-hybridized carbons (Fsp3) is 0.784. The number of hydrogen-bond donors (Lipinski definition) is 1. The molecule has 0 fully saturated rings. The van der Waals surface area contributed by atoms with Gasteiger partial charge in [0.25, 0.3) is 0 Å². The molecule has 0 bridgehead atoms. The van der Waals surface area contributed by atoms with Crippen molar-refractivity contribution in [3.8, 4) is 0 Å². The summed E-state index contributed by atoms with van der Waals surface area (Å²) in [6.07, 6.45) is 39.1. The summed E-state index contributed by atoms with van der Waals surface area (Å²) in [5.74, 6) is -0.610. The first-order valence-electron chi connectivity index (χ1n) is 17.5. The molecule has 0 aromatic heterocycles. The van der Waals surface area contributed by atoms with Crippen LogP contribution in [0.25, 0.3) is 0 Å². The maximum atomic E-state index is 12.1. The van der Waals surface area contributed by atoms with E-state index in [9.17, 15) is 14.7 Å². The normalized spacial score (nSPS) is 12.5. The van der Waals surface area contributed by atoms with Crippen LogP contribution in [0, 0.1) is 0 Å². The molecule has 42 heavy (non-hydrogen) atoms. The maximum absolute atomic E-state index is 12.1. The second-order valence-corrected chi connectivity index (χ2v) is 11.6. The largest absolute Gasteiger partial charge is 0.462 e. The van der Waals surface area contributed by atoms with Gasteiger partial charge in [0, 0.05) is 12.8 Å². The van der Waals surface area contributed by atoms with Gasteiger partial charge in [-0.1, -0.05) is 147 Å². The molecular formula is C37H66O5. The molecule has 0 radical (unpaired) electrons. The van der Waals surface area contributed by atoms with Crippen LogP contribution in [-0.2, 0) is 19.1 Å². The molecule has 0 aliphatic rings. The minimum atomic E-state index is -0.773. The second kappa shape index (κ2) is 33.6. The van der Waals surface area contributed by atoms with E-state index < -0.39 is 6.10 Å². The molecule has 0 aromatic carbocycles. The van der Waals surface area contributed by atoms with E-state index in [0.29, 0.717) is 12.8 Å². The van der Waals surface area contributed by atoms with Gasteiger partial charge in [0.05, 0.1) is 6.61 Å². The number of allylic oxidation sites excluding steroid dienone is 6. The second-order valence-electron chi connectivity index (χ2n) is 11.6. The fourth-order valence-corrected chi connectivity index (χ4v) is 4.80. The molecule has 0 rings (SSSR count). The summed E-state index contributed by atoms with van der Waals surface area (Å²) in [6, 6.07) is 0. The zero-order valence-electron chi connectivity index (χ0n) is 27.5. The van der Waals surface area contributed by atoms with Crippen LogP contribution >= 0.6 is 0 Å². The Hall–Kier alpha value is -1.88. The van der Waals surface area contributed by atoms with Crippen LogP contribution in [0.2, 0.25) is 0 Å². The van der Waals surface area contributed by atoms with Crippen molar-refractivity contribution in [1.82, 2.24) is 0 Å². The standard InChI is InChI=1S/C37H66O5/c1-3-5-7-9-11-13-15-17-18-20-21-23-25-27-29-31-36(39)41-34-35(33-38)42-37(40)32-30-28-26-24-22-19-16-14-12-10-8-6-4-2/h5,7,11,13,17-18,35,38H,3-4,6,8-10,12,14-16,19-34H2,1-2H3/b7-5-,13-11-,18-17-. The van der Waals surface area contributed by atoms with Crippen LogP contribution in [0.1, 0.15) is 168 Å². The third-order valence-corrected chi connectivity index (χ3v) is 7.45. The Balaban J connectivity index is 3.60. The first-order valence-corrected chi connectivity index (χ1v) is 17.5. The van der Waals surface area contributed by atoms with E-state index in [-0.39, 0.29) is 25.2 Å². The maximum Gasteiger partial charge on any atom is 0.306 e. The van der Waals surface area contributed by atoms with Gasteiger partial charge in [-0.3, -0.25) is 9.59 Å². The molecule has 1 N–H and O–H groups in total. The highest BCUT2D eigenvalue weighted by molar-refractivity contribution is 5.70. The third-order valence-electron chi connectivity index (χ3n) is 7.45. The van der Waals surface area contributed by atoms with E-state index in [1.54, 1.807) is 0 Å². The van der Waals surface area contributed by atoms with Gasteiger partial charge in [-0.05, 0) is 44.9 Å². The lowest BCUT2D eigenvalue weighted by molar-refractivity contribution is -0.161. The number of unbranched alkanes of at least 4 members (excludes halogenated alkanes) is 17. The van der Waals surface area contributed by atoms with Crippen molar-refractivity contribution in [2.75, 3.05) is 13.2 Å². The topological polar surface area (TPSA) is 72.8 Å². The van der Waals surface area contributed by atoms with Gasteiger partial charge in [0.1, 0.15) is 6.61 Å². The molecule has 5 nitrogen and oxygen atoms in total. The summed E-state index contributed by atoms with van der Waals surface area (Å²) in [5, 5.41) is 9.51. The molecular weight excluding hydrogens is 524 g/mol. The molecule has 0 saturated heterocycles. The van der Waals surface area contributed by atoms with Gasteiger partial charge in [0.15, 0.2) is 6.10 Å². The highest BCUT2D eigenvalue weighted by atomic mass is 16.6. The predicted octanol–water partition coefficient (Wildman–Crippen LogP) is 10.5. The third kappa shape index (κ3) is 31.1. The monoisotopic (exact) mass is 590 g/mol. The van der Waals surface area contributed by atoms with E-state index in [1.807, 2.05) is 0 Å². The molecule has 1 unspecified atom stereocenters. The Morgan fingerprint density at radius 2 is 1.02 bits per heavy atom. The lowest BCUT2D eigenvalue weighted by atomic mass is 10.0. The number of hydrogen-bond acceptors (Lipinski definition) is 5. The van der Waals surface area contributed by atoms with Crippen LogP contribution < -0.4 is 0 Å². The molecule has 5 heteroatoms. The number of aliphatic hydroxyl groups is 1. The molecule has 0 aliphatic heterocycles. The van der Waals surface area contributed by atoms with E-state index >= 15 is 0 Å².